The second-order valence-corrected chi connectivity index (χ2v) is 6.42. The number of hydrogen-bond acceptors (Lipinski definition) is 2. The van der Waals surface area contributed by atoms with Crippen LogP contribution in [0, 0.1) is 0 Å². The summed E-state index contributed by atoms with van der Waals surface area (Å²) in [5.41, 5.74) is 1.28. The summed E-state index contributed by atoms with van der Waals surface area (Å²) >= 11 is 11.5. The van der Waals surface area contributed by atoms with Gasteiger partial charge in [0, 0.05) is 20.8 Å². The molecule has 0 fully saturated rings. The van der Waals surface area contributed by atoms with Crippen LogP contribution in [0.25, 0.3) is 0 Å². The predicted molar refractivity (Wildman–Crippen MR) is 87.1 cm³/mol. The lowest BCUT2D eigenvalue weighted by Gasteiger charge is -2.08. The molecule has 0 aliphatic carbocycles. The summed E-state index contributed by atoms with van der Waals surface area (Å²) in [5.74, 6) is 0. The van der Waals surface area contributed by atoms with E-state index in [1.54, 1.807) is 11.8 Å². The van der Waals surface area contributed by atoms with Gasteiger partial charge in [-0.3, -0.25) is 0 Å². The van der Waals surface area contributed by atoms with Crippen molar-refractivity contribution in [2.75, 3.05) is 6.54 Å². The molecule has 0 aliphatic rings. The Kier molecular flexibility index (Phi) is 5.76. The van der Waals surface area contributed by atoms with Crippen molar-refractivity contribution in [2.24, 2.45) is 0 Å². The normalized spacial score (nSPS) is 10.7. The fourth-order valence-corrected chi connectivity index (χ4v) is 3.41. The minimum absolute atomic E-state index is 0.788. The molecular weight excluding hydrogens is 342 g/mol. The van der Waals surface area contributed by atoms with Gasteiger partial charge >= 0.3 is 0 Å². The van der Waals surface area contributed by atoms with Crippen LogP contribution in [-0.4, -0.2) is 6.54 Å². The molecule has 0 unspecified atom stereocenters. The Labute approximate surface area is 131 Å². The summed E-state index contributed by atoms with van der Waals surface area (Å²) in [6.45, 7) is 3.98. The highest BCUT2D eigenvalue weighted by Crippen LogP contribution is 2.37. The highest BCUT2D eigenvalue weighted by atomic mass is 79.9. The third kappa shape index (κ3) is 4.25. The van der Waals surface area contributed by atoms with Crippen LogP contribution in [0.5, 0.6) is 0 Å². The molecule has 2 rings (SSSR count). The SMILES string of the molecule is CCNCc1ccc(Sc2ccccc2Cl)c(Br)c1. The van der Waals surface area contributed by atoms with Gasteiger partial charge in [0.1, 0.15) is 0 Å². The van der Waals surface area contributed by atoms with Crippen LogP contribution in [-0.2, 0) is 6.54 Å². The van der Waals surface area contributed by atoms with Crippen LogP contribution < -0.4 is 5.32 Å². The third-order valence-electron chi connectivity index (χ3n) is 2.63. The van der Waals surface area contributed by atoms with Gasteiger partial charge in [-0.2, -0.15) is 0 Å². The molecule has 0 atom stereocenters. The maximum atomic E-state index is 6.18. The molecule has 1 nitrogen and oxygen atoms in total. The average Bonchev–Trinajstić information content (AvgIpc) is 2.41. The molecule has 0 spiro atoms. The molecule has 19 heavy (non-hydrogen) atoms. The summed E-state index contributed by atoms with van der Waals surface area (Å²) in [5, 5.41) is 4.11. The van der Waals surface area contributed by atoms with E-state index in [1.807, 2.05) is 24.3 Å². The fourth-order valence-electron chi connectivity index (χ4n) is 1.65. The summed E-state index contributed by atoms with van der Waals surface area (Å²) < 4.78 is 1.10. The highest BCUT2D eigenvalue weighted by molar-refractivity contribution is 9.10. The van der Waals surface area contributed by atoms with Crippen molar-refractivity contribution in [3.8, 4) is 0 Å². The standard InChI is InChI=1S/C15H15BrClNS/c1-2-18-10-11-7-8-14(12(16)9-11)19-15-6-4-3-5-13(15)17/h3-9,18H,2,10H2,1H3. The number of nitrogens with one attached hydrogen (secondary N) is 1. The van der Waals surface area contributed by atoms with E-state index in [9.17, 15) is 0 Å². The molecule has 2 aromatic rings. The van der Waals surface area contributed by atoms with E-state index in [0.29, 0.717) is 0 Å². The first-order chi connectivity index (χ1) is 9.20. The molecule has 0 amide bonds. The van der Waals surface area contributed by atoms with E-state index in [4.69, 9.17) is 11.6 Å². The molecule has 2 aromatic carbocycles. The summed E-state index contributed by atoms with van der Waals surface area (Å²) in [6, 6.07) is 14.3. The van der Waals surface area contributed by atoms with E-state index >= 15 is 0 Å². The van der Waals surface area contributed by atoms with Crippen LogP contribution in [0.15, 0.2) is 56.7 Å². The van der Waals surface area contributed by atoms with Gasteiger partial charge < -0.3 is 5.32 Å². The maximum absolute atomic E-state index is 6.18. The third-order valence-corrected chi connectivity index (χ3v) is 5.14. The van der Waals surface area contributed by atoms with Crippen molar-refractivity contribution in [2.45, 2.75) is 23.3 Å². The van der Waals surface area contributed by atoms with E-state index < -0.39 is 0 Å². The van der Waals surface area contributed by atoms with Crippen LogP contribution in [0.3, 0.4) is 0 Å². The van der Waals surface area contributed by atoms with Crippen LogP contribution >= 0.6 is 39.3 Å². The zero-order valence-corrected chi connectivity index (χ0v) is 13.8. The van der Waals surface area contributed by atoms with Crippen LogP contribution in [0.1, 0.15) is 12.5 Å². The van der Waals surface area contributed by atoms with Crippen molar-refractivity contribution in [3.63, 3.8) is 0 Å². The van der Waals surface area contributed by atoms with Gasteiger partial charge in [0.05, 0.1) is 5.02 Å². The quantitative estimate of drug-likeness (QED) is 0.773. The van der Waals surface area contributed by atoms with Gasteiger partial charge in [-0.05, 0) is 52.3 Å². The largest absolute Gasteiger partial charge is 0.313 e. The van der Waals surface area contributed by atoms with Gasteiger partial charge in [0.2, 0.25) is 0 Å². The van der Waals surface area contributed by atoms with Crippen molar-refractivity contribution < 1.29 is 0 Å². The second-order valence-electron chi connectivity index (χ2n) is 4.08. The zero-order valence-electron chi connectivity index (χ0n) is 10.6. The van der Waals surface area contributed by atoms with Crippen molar-refractivity contribution in [1.82, 2.24) is 5.32 Å². The first-order valence-corrected chi connectivity index (χ1v) is 8.11. The lowest BCUT2D eigenvalue weighted by atomic mass is 10.2. The van der Waals surface area contributed by atoms with Gasteiger partial charge in [-0.1, -0.05) is 48.5 Å². The minimum Gasteiger partial charge on any atom is -0.313 e. The van der Waals surface area contributed by atoms with E-state index in [0.717, 1.165) is 27.5 Å². The van der Waals surface area contributed by atoms with Crippen molar-refractivity contribution in [3.05, 3.63) is 57.5 Å². The van der Waals surface area contributed by atoms with Gasteiger partial charge in [-0.25, -0.2) is 0 Å². The molecule has 4 heteroatoms. The molecule has 0 aromatic heterocycles. The Balaban J connectivity index is 2.15. The molecule has 0 saturated heterocycles. The van der Waals surface area contributed by atoms with Crippen molar-refractivity contribution in [1.29, 1.82) is 0 Å². The first-order valence-electron chi connectivity index (χ1n) is 6.12. The van der Waals surface area contributed by atoms with E-state index in [1.165, 1.54) is 10.5 Å². The number of benzene rings is 2. The molecular formula is C15H15BrClNS. The van der Waals surface area contributed by atoms with E-state index in [2.05, 4.69) is 46.4 Å². The van der Waals surface area contributed by atoms with E-state index in [-0.39, 0.29) is 0 Å². The lowest BCUT2D eigenvalue weighted by Crippen LogP contribution is -2.11. The Bertz CT molecular complexity index is 560. The topological polar surface area (TPSA) is 12.0 Å². The lowest BCUT2D eigenvalue weighted by molar-refractivity contribution is 0.726. The van der Waals surface area contributed by atoms with Crippen LogP contribution in [0.4, 0.5) is 0 Å². The Morgan fingerprint density at radius 3 is 2.63 bits per heavy atom. The molecule has 1 N–H and O–H groups in total. The Morgan fingerprint density at radius 1 is 1.16 bits per heavy atom. The molecule has 100 valence electrons. The number of hydrogen-bond donors (Lipinski definition) is 1. The maximum Gasteiger partial charge on any atom is 0.0545 e. The Hall–Kier alpha value is -0.480. The molecule has 0 aliphatic heterocycles. The highest BCUT2D eigenvalue weighted by Gasteiger charge is 2.06. The van der Waals surface area contributed by atoms with Gasteiger partial charge in [0.15, 0.2) is 0 Å². The van der Waals surface area contributed by atoms with Gasteiger partial charge in [0.25, 0.3) is 0 Å². The molecule has 0 bridgehead atoms. The first kappa shape index (κ1) is 14.9. The van der Waals surface area contributed by atoms with Crippen molar-refractivity contribution >= 4 is 39.3 Å². The zero-order chi connectivity index (χ0) is 13.7. The average molecular weight is 357 g/mol. The molecule has 0 heterocycles. The Morgan fingerprint density at radius 2 is 1.95 bits per heavy atom. The summed E-state index contributed by atoms with van der Waals surface area (Å²) in [6.07, 6.45) is 0. The second kappa shape index (κ2) is 7.34. The summed E-state index contributed by atoms with van der Waals surface area (Å²) in [4.78, 5) is 2.25. The number of halogens is 2. The molecule has 0 saturated carbocycles. The molecule has 0 radical (unpaired) electrons. The summed E-state index contributed by atoms with van der Waals surface area (Å²) in [7, 11) is 0. The predicted octanol–water partition coefficient (Wildman–Crippen LogP) is 5.36. The fraction of sp³-hybridized carbons (Fsp3) is 0.200. The van der Waals surface area contributed by atoms with Crippen LogP contribution in [0.2, 0.25) is 5.02 Å². The minimum atomic E-state index is 0.788. The smallest absolute Gasteiger partial charge is 0.0545 e. The number of rotatable bonds is 5. The monoisotopic (exact) mass is 355 g/mol. The van der Waals surface area contributed by atoms with Gasteiger partial charge in [-0.15, -0.1) is 0 Å².